The molecule has 16 heavy (non-hydrogen) atoms. The van der Waals surface area contributed by atoms with Crippen molar-refractivity contribution in [2.75, 3.05) is 13.6 Å². The van der Waals surface area contributed by atoms with E-state index in [9.17, 15) is 4.79 Å². The molecule has 0 aromatic carbocycles. The molecule has 5 nitrogen and oxygen atoms in total. The summed E-state index contributed by atoms with van der Waals surface area (Å²) < 4.78 is 0. The fraction of sp³-hybridized carbons (Fsp3) is 0.300. The van der Waals surface area contributed by atoms with Crippen molar-refractivity contribution in [1.29, 1.82) is 0 Å². The van der Waals surface area contributed by atoms with E-state index in [0.29, 0.717) is 10.6 Å². The largest absolute Gasteiger partial charge is 0.367 e. The molecule has 0 aliphatic carbocycles. The number of hydrogen-bond donors (Lipinski definition) is 2. The summed E-state index contributed by atoms with van der Waals surface area (Å²) in [6.45, 7) is 0.861. The van der Waals surface area contributed by atoms with Gasteiger partial charge in [-0.3, -0.25) is 4.79 Å². The molecule has 2 N–H and O–H groups in total. The van der Waals surface area contributed by atoms with Crippen LogP contribution in [-0.4, -0.2) is 28.8 Å². The molecule has 0 saturated heterocycles. The molecule has 84 valence electrons. The Morgan fingerprint density at radius 1 is 1.50 bits per heavy atom. The van der Waals surface area contributed by atoms with Gasteiger partial charge in [-0.15, -0.1) is 10.2 Å². The Morgan fingerprint density at radius 3 is 3.12 bits per heavy atom. The highest BCUT2D eigenvalue weighted by Crippen LogP contribution is 2.19. The van der Waals surface area contributed by atoms with E-state index >= 15 is 0 Å². The van der Waals surface area contributed by atoms with E-state index in [1.54, 1.807) is 12.4 Å². The van der Waals surface area contributed by atoms with Crippen LogP contribution in [0.25, 0.3) is 10.6 Å². The van der Waals surface area contributed by atoms with Gasteiger partial charge in [-0.1, -0.05) is 11.3 Å². The topological polar surface area (TPSA) is 70.7 Å². The van der Waals surface area contributed by atoms with Crippen LogP contribution in [0, 0.1) is 0 Å². The molecule has 2 rings (SSSR count). The predicted octanol–water partition coefficient (Wildman–Crippen LogP) is 0.655. The summed E-state index contributed by atoms with van der Waals surface area (Å²) in [5.74, 6) is 0. The van der Waals surface area contributed by atoms with Crippen LogP contribution in [0.2, 0.25) is 0 Å². The van der Waals surface area contributed by atoms with Crippen LogP contribution >= 0.6 is 11.3 Å². The molecule has 0 aliphatic heterocycles. The lowest BCUT2D eigenvalue weighted by Gasteiger charge is -1.92. The first kappa shape index (κ1) is 11.0. The highest BCUT2D eigenvalue weighted by Gasteiger charge is 2.08. The zero-order valence-corrected chi connectivity index (χ0v) is 9.67. The third-order valence-electron chi connectivity index (χ3n) is 2.11. The summed E-state index contributed by atoms with van der Waals surface area (Å²) in [6, 6.07) is 1.49. The maximum absolute atomic E-state index is 11.5. The zero-order valence-electron chi connectivity index (χ0n) is 8.86. The molecule has 2 heterocycles. The van der Waals surface area contributed by atoms with Gasteiger partial charge in [-0.05, 0) is 7.05 Å². The van der Waals surface area contributed by atoms with Crippen molar-refractivity contribution in [1.82, 2.24) is 20.5 Å². The molecule has 0 radical (unpaired) electrons. The molecular weight excluding hydrogens is 224 g/mol. The van der Waals surface area contributed by atoms with Gasteiger partial charge in [0.15, 0.2) is 10.4 Å². The number of nitrogens with one attached hydrogen (secondary N) is 2. The standard InChI is InChI=1S/C10H12N4OS/c1-11-4-3-9-13-14-10(16-9)7-6-12-5-2-8(7)15/h2,5-6,11H,3-4H2,1H3,(H,12,15). The Hall–Kier alpha value is -1.53. The number of likely N-dealkylation sites (N-methyl/N-ethyl adjacent to an activating group) is 1. The minimum atomic E-state index is -0.0323. The van der Waals surface area contributed by atoms with Gasteiger partial charge in [0.05, 0.1) is 5.56 Å². The van der Waals surface area contributed by atoms with Crippen molar-refractivity contribution in [3.05, 3.63) is 33.7 Å². The number of rotatable bonds is 4. The first-order chi connectivity index (χ1) is 7.81. The van der Waals surface area contributed by atoms with Gasteiger partial charge in [0, 0.05) is 31.4 Å². The number of aromatic amines is 1. The fourth-order valence-corrected chi connectivity index (χ4v) is 2.14. The summed E-state index contributed by atoms with van der Waals surface area (Å²) in [5.41, 5.74) is 0.547. The monoisotopic (exact) mass is 236 g/mol. The second-order valence-electron chi connectivity index (χ2n) is 3.28. The molecule has 2 aromatic heterocycles. The van der Waals surface area contributed by atoms with E-state index in [0.717, 1.165) is 18.0 Å². The Bertz CT molecular complexity index is 519. The van der Waals surface area contributed by atoms with Crippen LogP contribution in [0.1, 0.15) is 5.01 Å². The Morgan fingerprint density at radius 2 is 2.38 bits per heavy atom. The van der Waals surface area contributed by atoms with Crippen molar-refractivity contribution >= 4 is 11.3 Å². The van der Waals surface area contributed by atoms with Gasteiger partial charge in [-0.25, -0.2) is 0 Å². The first-order valence-corrected chi connectivity index (χ1v) is 5.77. The lowest BCUT2D eigenvalue weighted by Crippen LogP contribution is -2.09. The Balaban J connectivity index is 2.25. The first-order valence-electron chi connectivity index (χ1n) is 4.95. The molecular formula is C10H12N4OS. The van der Waals surface area contributed by atoms with Crippen LogP contribution < -0.4 is 10.7 Å². The highest BCUT2D eigenvalue weighted by molar-refractivity contribution is 7.14. The van der Waals surface area contributed by atoms with E-state index in [1.807, 2.05) is 7.05 Å². The van der Waals surface area contributed by atoms with Crippen molar-refractivity contribution in [2.45, 2.75) is 6.42 Å². The second-order valence-corrected chi connectivity index (χ2v) is 4.34. The average Bonchev–Trinajstić information content (AvgIpc) is 2.75. The van der Waals surface area contributed by atoms with Crippen molar-refractivity contribution < 1.29 is 0 Å². The van der Waals surface area contributed by atoms with Crippen LogP contribution in [0.15, 0.2) is 23.3 Å². The summed E-state index contributed by atoms with van der Waals surface area (Å²) in [7, 11) is 1.89. The van der Waals surface area contributed by atoms with Gasteiger partial charge in [-0.2, -0.15) is 0 Å². The number of aromatic nitrogens is 3. The van der Waals surface area contributed by atoms with Crippen molar-refractivity contribution in [2.24, 2.45) is 0 Å². The highest BCUT2D eigenvalue weighted by atomic mass is 32.1. The van der Waals surface area contributed by atoms with Crippen LogP contribution in [-0.2, 0) is 6.42 Å². The summed E-state index contributed by atoms with van der Waals surface area (Å²) in [5, 5.41) is 12.7. The maximum atomic E-state index is 11.5. The smallest absolute Gasteiger partial charge is 0.191 e. The lowest BCUT2D eigenvalue weighted by molar-refractivity contribution is 0.779. The van der Waals surface area contributed by atoms with Crippen LogP contribution in [0.4, 0.5) is 0 Å². The summed E-state index contributed by atoms with van der Waals surface area (Å²) >= 11 is 1.46. The zero-order chi connectivity index (χ0) is 11.4. The molecule has 0 aliphatic rings. The van der Waals surface area contributed by atoms with Gasteiger partial charge < -0.3 is 10.3 Å². The lowest BCUT2D eigenvalue weighted by atomic mass is 10.3. The van der Waals surface area contributed by atoms with Crippen molar-refractivity contribution in [3.63, 3.8) is 0 Å². The average molecular weight is 236 g/mol. The van der Waals surface area contributed by atoms with Crippen LogP contribution in [0.3, 0.4) is 0 Å². The van der Waals surface area contributed by atoms with E-state index in [1.165, 1.54) is 17.4 Å². The Labute approximate surface area is 96.6 Å². The predicted molar refractivity (Wildman–Crippen MR) is 63.6 cm³/mol. The summed E-state index contributed by atoms with van der Waals surface area (Å²) in [6.07, 6.45) is 4.10. The molecule has 0 fully saturated rings. The fourth-order valence-electron chi connectivity index (χ4n) is 1.28. The van der Waals surface area contributed by atoms with Crippen LogP contribution in [0.5, 0.6) is 0 Å². The van der Waals surface area contributed by atoms with Gasteiger partial charge in [0.1, 0.15) is 5.01 Å². The third kappa shape index (κ3) is 2.34. The second kappa shape index (κ2) is 5.00. The molecule has 0 spiro atoms. The van der Waals surface area contributed by atoms with Gasteiger partial charge >= 0.3 is 0 Å². The summed E-state index contributed by atoms with van der Waals surface area (Å²) in [4.78, 5) is 14.4. The molecule has 0 bridgehead atoms. The number of nitrogens with zero attached hydrogens (tertiary/aromatic N) is 2. The SMILES string of the molecule is CNCCc1nnc(-c2c[nH]ccc2=O)s1. The van der Waals surface area contributed by atoms with Gasteiger partial charge in [0.25, 0.3) is 0 Å². The van der Waals surface area contributed by atoms with Crippen molar-refractivity contribution in [3.8, 4) is 10.6 Å². The molecule has 6 heteroatoms. The minimum Gasteiger partial charge on any atom is -0.367 e. The maximum Gasteiger partial charge on any atom is 0.191 e. The molecule has 0 saturated carbocycles. The number of H-pyrrole nitrogens is 1. The number of hydrogen-bond acceptors (Lipinski definition) is 5. The van der Waals surface area contributed by atoms with Gasteiger partial charge in [0.2, 0.25) is 0 Å². The van der Waals surface area contributed by atoms with E-state index in [4.69, 9.17) is 0 Å². The minimum absolute atomic E-state index is 0.0323. The Kier molecular flexibility index (Phi) is 3.43. The molecule has 2 aromatic rings. The normalized spacial score (nSPS) is 10.6. The third-order valence-corrected chi connectivity index (χ3v) is 3.13. The number of pyridine rings is 1. The molecule has 0 unspecified atom stereocenters. The van der Waals surface area contributed by atoms with E-state index in [-0.39, 0.29) is 5.43 Å². The quantitative estimate of drug-likeness (QED) is 0.818. The van der Waals surface area contributed by atoms with E-state index < -0.39 is 0 Å². The molecule has 0 amide bonds. The molecule has 0 atom stereocenters. The van der Waals surface area contributed by atoms with E-state index in [2.05, 4.69) is 20.5 Å².